The highest BCUT2D eigenvalue weighted by Gasteiger charge is 2.01. The minimum atomic E-state index is -0.267. The number of nitrogens with zero attached hydrogens (tertiary/aromatic N) is 1. The third kappa shape index (κ3) is 2.13. The molecular formula is C12H10FNO. The molecule has 0 aliphatic carbocycles. The van der Waals surface area contributed by atoms with Gasteiger partial charge in [0.1, 0.15) is 5.82 Å². The number of halogens is 1. The normalized spacial score (nSPS) is 10.0. The summed E-state index contributed by atoms with van der Waals surface area (Å²) in [5.41, 5.74) is 1.45. The van der Waals surface area contributed by atoms with E-state index in [1.807, 2.05) is 18.2 Å². The van der Waals surface area contributed by atoms with Crippen LogP contribution in [0.4, 0.5) is 4.39 Å². The van der Waals surface area contributed by atoms with Crippen molar-refractivity contribution in [1.82, 2.24) is 4.98 Å². The van der Waals surface area contributed by atoms with Gasteiger partial charge in [-0.1, -0.05) is 18.2 Å². The Bertz CT molecular complexity index is 471. The maximum Gasteiger partial charge on any atom is 0.213 e. The predicted octanol–water partition coefficient (Wildman–Crippen LogP) is 2.90. The molecule has 3 heteroatoms. The standard InChI is InChI=1S/C12H10FNO/c1-15-12-7-3-6-11(14-12)9-4-2-5-10(13)8-9/h2-8H,1H3. The van der Waals surface area contributed by atoms with Gasteiger partial charge in [0.25, 0.3) is 0 Å². The van der Waals surface area contributed by atoms with Gasteiger partial charge in [-0.05, 0) is 18.2 Å². The summed E-state index contributed by atoms with van der Waals surface area (Å²) in [6.07, 6.45) is 0. The van der Waals surface area contributed by atoms with Crippen molar-refractivity contribution in [2.45, 2.75) is 0 Å². The highest BCUT2D eigenvalue weighted by molar-refractivity contribution is 5.59. The molecule has 2 nitrogen and oxygen atoms in total. The first-order valence-electron chi connectivity index (χ1n) is 4.56. The Morgan fingerprint density at radius 3 is 2.67 bits per heavy atom. The second-order valence-corrected chi connectivity index (χ2v) is 3.08. The number of pyridine rings is 1. The van der Waals surface area contributed by atoms with E-state index in [1.165, 1.54) is 12.1 Å². The molecule has 0 saturated heterocycles. The number of rotatable bonds is 2. The van der Waals surface area contributed by atoms with Gasteiger partial charge in [-0.15, -0.1) is 0 Å². The zero-order valence-electron chi connectivity index (χ0n) is 8.27. The summed E-state index contributed by atoms with van der Waals surface area (Å²) in [5, 5.41) is 0. The molecule has 0 N–H and O–H groups in total. The van der Waals surface area contributed by atoms with Gasteiger partial charge in [0.05, 0.1) is 12.8 Å². The van der Waals surface area contributed by atoms with Crippen LogP contribution < -0.4 is 4.74 Å². The van der Waals surface area contributed by atoms with Crippen LogP contribution in [0.5, 0.6) is 5.88 Å². The van der Waals surface area contributed by atoms with E-state index in [2.05, 4.69) is 4.98 Å². The Morgan fingerprint density at radius 1 is 1.13 bits per heavy atom. The molecule has 1 aromatic carbocycles. The van der Waals surface area contributed by atoms with Crippen LogP contribution in [-0.2, 0) is 0 Å². The lowest BCUT2D eigenvalue weighted by Gasteiger charge is -2.03. The fraction of sp³-hybridized carbons (Fsp3) is 0.0833. The number of hydrogen-bond donors (Lipinski definition) is 0. The number of hydrogen-bond acceptors (Lipinski definition) is 2. The summed E-state index contributed by atoms with van der Waals surface area (Å²) in [7, 11) is 1.55. The lowest BCUT2D eigenvalue weighted by Crippen LogP contribution is -1.89. The molecular weight excluding hydrogens is 193 g/mol. The first-order valence-corrected chi connectivity index (χ1v) is 4.56. The zero-order valence-corrected chi connectivity index (χ0v) is 8.27. The predicted molar refractivity (Wildman–Crippen MR) is 56.2 cm³/mol. The van der Waals surface area contributed by atoms with E-state index in [-0.39, 0.29) is 5.82 Å². The van der Waals surface area contributed by atoms with Gasteiger partial charge in [0, 0.05) is 11.6 Å². The van der Waals surface area contributed by atoms with Gasteiger partial charge >= 0.3 is 0 Å². The lowest BCUT2D eigenvalue weighted by atomic mass is 10.1. The molecule has 1 aromatic heterocycles. The summed E-state index contributed by atoms with van der Waals surface area (Å²) in [6.45, 7) is 0. The first-order chi connectivity index (χ1) is 7.29. The summed E-state index contributed by atoms with van der Waals surface area (Å²) in [4.78, 5) is 4.21. The van der Waals surface area contributed by atoms with Crippen LogP contribution in [0, 0.1) is 5.82 Å². The molecule has 0 amide bonds. The maximum absolute atomic E-state index is 13.0. The molecule has 0 aliphatic heterocycles. The molecule has 0 saturated carbocycles. The second kappa shape index (κ2) is 4.09. The first kappa shape index (κ1) is 9.65. The Labute approximate surface area is 87.4 Å². The smallest absolute Gasteiger partial charge is 0.213 e. The maximum atomic E-state index is 13.0. The number of benzene rings is 1. The SMILES string of the molecule is COc1cccc(-c2cccc(F)c2)n1. The lowest BCUT2D eigenvalue weighted by molar-refractivity contribution is 0.398. The Kier molecular flexibility index (Phi) is 2.63. The number of methoxy groups -OCH3 is 1. The number of aromatic nitrogens is 1. The van der Waals surface area contributed by atoms with E-state index in [1.54, 1.807) is 19.2 Å². The molecule has 1 heterocycles. The highest BCUT2D eigenvalue weighted by Crippen LogP contribution is 2.20. The highest BCUT2D eigenvalue weighted by atomic mass is 19.1. The quantitative estimate of drug-likeness (QED) is 0.748. The Morgan fingerprint density at radius 2 is 1.93 bits per heavy atom. The Hall–Kier alpha value is -1.90. The minimum Gasteiger partial charge on any atom is -0.481 e. The van der Waals surface area contributed by atoms with E-state index < -0.39 is 0 Å². The third-order valence-electron chi connectivity index (χ3n) is 2.05. The summed E-state index contributed by atoms with van der Waals surface area (Å²) >= 11 is 0. The van der Waals surface area contributed by atoms with Crippen LogP contribution in [0.15, 0.2) is 42.5 Å². The fourth-order valence-corrected chi connectivity index (χ4v) is 1.34. The molecule has 0 radical (unpaired) electrons. The topological polar surface area (TPSA) is 22.1 Å². The van der Waals surface area contributed by atoms with Gasteiger partial charge < -0.3 is 4.74 Å². The fourth-order valence-electron chi connectivity index (χ4n) is 1.34. The van der Waals surface area contributed by atoms with Gasteiger partial charge in [-0.25, -0.2) is 9.37 Å². The second-order valence-electron chi connectivity index (χ2n) is 3.08. The van der Waals surface area contributed by atoms with Crippen molar-refractivity contribution >= 4 is 0 Å². The Balaban J connectivity index is 2.44. The monoisotopic (exact) mass is 203 g/mol. The van der Waals surface area contributed by atoms with E-state index in [0.717, 1.165) is 5.56 Å². The van der Waals surface area contributed by atoms with Crippen molar-refractivity contribution < 1.29 is 9.13 Å². The summed E-state index contributed by atoms with van der Waals surface area (Å²) in [5.74, 6) is 0.258. The van der Waals surface area contributed by atoms with Gasteiger partial charge in [-0.3, -0.25) is 0 Å². The van der Waals surface area contributed by atoms with Crippen LogP contribution in [0.2, 0.25) is 0 Å². The van der Waals surface area contributed by atoms with Crippen molar-refractivity contribution in [3.8, 4) is 17.1 Å². The van der Waals surface area contributed by atoms with Crippen LogP contribution in [0.3, 0.4) is 0 Å². The largest absolute Gasteiger partial charge is 0.481 e. The van der Waals surface area contributed by atoms with Gasteiger partial charge in [-0.2, -0.15) is 0 Å². The van der Waals surface area contributed by atoms with Crippen LogP contribution >= 0.6 is 0 Å². The summed E-state index contributed by atoms with van der Waals surface area (Å²) < 4.78 is 18.0. The molecule has 0 spiro atoms. The summed E-state index contributed by atoms with van der Waals surface area (Å²) in [6, 6.07) is 11.7. The molecule has 2 aromatic rings. The molecule has 0 fully saturated rings. The van der Waals surface area contributed by atoms with E-state index in [4.69, 9.17) is 4.74 Å². The van der Waals surface area contributed by atoms with Gasteiger partial charge in [0.2, 0.25) is 5.88 Å². The van der Waals surface area contributed by atoms with Crippen LogP contribution in [0.1, 0.15) is 0 Å². The molecule has 0 bridgehead atoms. The van der Waals surface area contributed by atoms with Gasteiger partial charge in [0.15, 0.2) is 0 Å². The molecule has 0 aliphatic rings. The minimum absolute atomic E-state index is 0.267. The van der Waals surface area contributed by atoms with Crippen molar-refractivity contribution in [3.63, 3.8) is 0 Å². The van der Waals surface area contributed by atoms with Crippen molar-refractivity contribution in [2.75, 3.05) is 7.11 Å². The molecule has 15 heavy (non-hydrogen) atoms. The van der Waals surface area contributed by atoms with Crippen molar-refractivity contribution in [1.29, 1.82) is 0 Å². The number of ether oxygens (including phenoxy) is 1. The van der Waals surface area contributed by atoms with Crippen LogP contribution in [-0.4, -0.2) is 12.1 Å². The van der Waals surface area contributed by atoms with Crippen molar-refractivity contribution in [3.05, 3.63) is 48.3 Å². The van der Waals surface area contributed by atoms with E-state index in [9.17, 15) is 4.39 Å². The third-order valence-corrected chi connectivity index (χ3v) is 2.05. The zero-order chi connectivity index (χ0) is 10.7. The average molecular weight is 203 g/mol. The van der Waals surface area contributed by atoms with Crippen molar-refractivity contribution in [2.24, 2.45) is 0 Å². The average Bonchev–Trinajstić information content (AvgIpc) is 2.29. The molecule has 2 rings (SSSR count). The van der Waals surface area contributed by atoms with Crippen LogP contribution in [0.25, 0.3) is 11.3 Å². The molecule has 76 valence electrons. The molecule has 0 unspecified atom stereocenters. The van der Waals surface area contributed by atoms with E-state index in [0.29, 0.717) is 11.6 Å². The van der Waals surface area contributed by atoms with E-state index >= 15 is 0 Å². The molecule has 0 atom stereocenters.